The maximum absolute atomic E-state index is 13.4. The van der Waals surface area contributed by atoms with E-state index in [0.29, 0.717) is 6.54 Å². The molecule has 110 valence electrons. The zero-order chi connectivity index (χ0) is 15.2. The highest BCUT2D eigenvalue weighted by Crippen LogP contribution is 2.21. The zero-order valence-electron chi connectivity index (χ0n) is 11.0. The second-order valence-corrected chi connectivity index (χ2v) is 5.18. The quantitative estimate of drug-likeness (QED) is 0.845. The van der Waals surface area contributed by atoms with Gasteiger partial charge >= 0.3 is 0 Å². The van der Waals surface area contributed by atoms with E-state index in [1.807, 2.05) is 24.3 Å². The van der Waals surface area contributed by atoms with Gasteiger partial charge in [0.2, 0.25) is 5.91 Å². The van der Waals surface area contributed by atoms with E-state index < -0.39 is 11.6 Å². The van der Waals surface area contributed by atoms with Crippen LogP contribution in [0.15, 0.2) is 46.9 Å². The third kappa shape index (κ3) is 4.53. The Morgan fingerprint density at radius 3 is 2.57 bits per heavy atom. The van der Waals surface area contributed by atoms with Crippen molar-refractivity contribution in [3.8, 4) is 0 Å². The van der Waals surface area contributed by atoms with Crippen LogP contribution >= 0.6 is 15.9 Å². The van der Waals surface area contributed by atoms with Gasteiger partial charge in [0.1, 0.15) is 11.6 Å². The molecule has 0 spiro atoms. The molecule has 0 bridgehead atoms. The van der Waals surface area contributed by atoms with Crippen molar-refractivity contribution in [1.29, 1.82) is 0 Å². The van der Waals surface area contributed by atoms with Crippen molar-refractivity contribution in [3.05, 3.63) is 58.6 Å². The first-order chi connectivity index (χ1) is 10.1. The van der Waals surface area contributed by atoms with E-state index in [-0.39, 0.29) is 18.0 Å². The first kappa shape index (κ1) is 15.4. The molecule has 0 heterocycles. The van der Waals surface area contributed by atoms with Crippen LogP contribution in [0.4, 0.5) is 20.2 Å². The average Bonchev–Trinajstić information content (AvgIpc) is 2.44. The summed E-state index contributed by atoms with van der Waals surface area (Å²) < 4.78 is 27.0. The third-order valence-electron chi connectivity index (χ3n) is 2.75. The Morgan fingerprint density at radius 2 is 1.86 bits per heavy atom. The van der Waals surface area contributed by atoms with Crippen LogP contribution in [0.2, 0.25) is 0 Å². The number of hydrogen-bond donors (Lipinski definition) is 2. The van der Waals surface area contributed by atoms with Gasteiger partial charge in [-0.05, 0) is 40.2 Å². The van der Waals surface area contributed by atoms with Gasteiger partial charge in [0.15, 0.2) is 0 Å². The Morgan fingerprint density at radius 1 is 1.10 bits per heavy atom. The first-order valence-electron chi connectivity index (χ1n) is 6.29. The zero-order valence-corrected chi connectivity index (χ0v) is 12.6. The van der Waals surface area contributed by atoms with E-state index in [1.165, 1.54) is 6.07 Å². The molecule has 0 saturated carbocycles. The molecule has 2 N–H and O–H groups in total. The lowest BCUT2D eigenvalue weighted by Crippen LogP contribution is -2.17. The summed E-state index contributed by atoms with van der Waals surface area (Å²) in [7, 11) is 0. The summed E-state index contributed by atoms with van der Waals surface area (Å²) in [4.78, 5) is 11.7. The van der Waals surface area contributed by atoms with Crippen LogP contribution in [0.1, 0.15) is 6.42 Å². The van der Waals surface area contributed by atoms with Gasteiger partial charge in [0.05, 0.1) is 5.69 Å². The predicted molar refractivity (Wildman–Crippen MR) is 82.2 cm³/mol. The summed E-state index contributed by atoms with van der Waals surface area (Å²) in [6.07, 6.45) is 0.165. The SMILES string of the molecule is O=C(CCNc1ccccc1Br)Nc1ccc(F)cc1F. The number of carbonyl (C=O) groups is 1. The number of nitrogens with one attached hydrogen (secondary N) is 2. The summed E-state index contributed by atoms with van der Waals surface area (Å²) in [6.45, 7) is 0.400. The number of rotatable bonds is 5. The van der Waals surface area contributed by atoms with E-state index in [4.69, 9.17) is 0 Å². The van der Waals surface area contributed by atoms with Crippen molar-refractivity contribution >= 4 is 33.2 Å². The molecule has 0 fully saturated rings. The third-order valence-corrected chi connectivity index (χ3v) is 3.44. The molecule has 1 amide bonds. The molecular formula is C15H13BrF2N2O. The summed E-state index contributed by atoms with van der Waals surface area (Å²) in [5.74, 6) is -1.82. The Balaban J connectivity index is 1.84. The molecule has 2 aromatic rings. The molecule has 0 saturated heterocycles. The van der Waals surface area contributed by atoms with Gasteiger partial charge in [-0.15, -0.1) is 0 Å². The smallest absolute Gasteiger partial charge is 0.226 e. The lowest BCUT2D eigenvalue weighted by atomic mass is 10.2. The predicted octanol–water partition coefficient (Wildman–Crippen LogP) is 4.17. The standard InChI is InChI=1S/C15H13BrF2N2O/c16-11-3-1-2-4-13(11)19-8-7-15(21)20-14-6-5-10(17)9-12(14)18/h1-6,9,19H,7-8H2,(H,20,21). The molecule has 21 heavy (non-hydrogen) atoms. The number of anilines is 2. The lowest BCUT2D eigenvalue weighted by molar-refractivity contribution is -0.116. The van der Waals surface area contributed by atoms with Crippen LogP contribution in [-0.2, 0) is 4.79 Å². The molecule has 0 aliphatic heterocycles. The molecule has 2 aromatic carbocycles. The highest BCUT2D eigenvalue weighted by atomic mass is 79.9. The number of carbonyl (C=O) groups excluding carboxylic acids is 1. The van der Waals surface area contributed by atoms with Gasteiger partial charge < -0.3 is 10.6 Å². The summed E-state index contributed by atoms with van der Waals surface area (Å²) in [5, 5.41) is 5.50. The van der Waals surface area contributed by atoms with Gasteiger partial charge in [0.25, 0.3) is 0 Å². The largest absolute Gasteiger partial charge is 0.384 e. The fourth-order valence-corrected chi connectivity index (χ4v) is 2.14. The Hall–Kier alpha value is -1.95. The Bertz CT molecular complexity index is 649. The van der Waals surface area contributed by atoms with E-state index in [2.05, 4.69) is 26.6 Å². The number of benzene rings is 2. The molecule has 2 rings (SSSR count). The minimum Gasteiger partial charge on any atom is -0.384 e. The Labute approximate surface area is 129 Å². The number of para-hydroxylation sites is 1. The summed E-state index contributed by atoms with van der Waals surface area (Å²) in [5.41, 5.74) is 0.848. The van der Waals surface area contributed by atoms with Crippen molar-refractivity contribution in [2.45, 2.75) is 6.42 Å². The maximum atomic E-state index is 13.4. The monoisotopic (exact) mass is 354 g/mol. The molecule has 0 radical (unpaired) electrons. The fraction of sp³-hybridized carbons (Fsp3) is 0.133. The minimum atomic E-state index is -0.790. The first-order valence-corrected chi connectivity index (χ1v) is 7.09. The molecule has 3 nitrogen and oxygen atoms in total. The van der Waals surface area contributed by atoms with Crippen LogP contribution in [-0.4, -0.2) is 12.5 Å². The van der Waals surface area contributed by atoms with Crippen LogP contribution in [0.25, 0.3) is 0 Å². The van der Waals surface area contributed by atoms with Crippen molar-refractivity contribution < 1.29 is 13.6 Å². The molecule has 6 heteroatoms. The van der Waals surface area contributed by atoms with Gasteiger partial charge in [-0.25, -0.2) is 8.78 Å². The topological polar surface area (TPSA) is 41.1 Å². The van der Waals surface area contributed by atoms with Crippen molar-refractivity contribution in [1.82, 2.24) is 0 Å². The molecule has 0 aliphatic carbocycles. The second-order valence-electron chi connectivity index (χ2n) is 4.33. The second kappa shape index (κ2) is 7.17. The van der Waals surface area contributed by atoms with Crippen molar-refractivity contribution in [2.75, 3.05) is 17.2 Å². The number of halogens is 3. The van der Waals surface area contributed by atoms with Crippen LogP contribution < -0.4 is 10.6 Å². The summed E-state index contributed by atoms with van der Waals surface area (Å²) in [6, 6.07) is 10.6. The molecule has 0 aromatic heterocycles. The van der Waals surface area contributed by atoms with E-state index in [0.717, 1.165) is 22.3 Å². The normalized spacial score (nSPS) is 10.2. The highest BCUT2D eigenvalue weighted by Gasteiger charge is 2.08. The van der Waals surface area contributed by atoms with Gasteiger partial charge in [0, 0.05) is 29.2 Å². The molecular weight excluding hydrogens is 342 g/mol. The van der Waals surface area contributed by atoms with Gasteiger partial charge in [-0.1, -0.05) is 12.1 Å². The number of hydrogen-bond acceptors (Lipinski definition) is 2. The molecule has 0 aliphatic rings. The van der Waals surface area contributed by atoms with E-state index in [1.54, 1.807) is 0 Å². The Kier molecular flexibility index (Phi) is 5.27. The summed E-state index contributed by atoms with van der Waals surface area (Å²) >= 11 is 3.39. The van der Waals surface area contributed by atoms with Gasteiger partial charge in [-0.2, -0.15) is 0 Å². The van der Waals surface area contributed by atoms with Crippen molar-refractivity contribution in [3.63, 3.8) is 0 Å². The van der Waals surface area contributed by atoms with Crippen molar-refractivity contribution in [2.24, 2.45) is 0 Å². The fourth-order valence-electron chi connectivity index (χ4n) is 1.72. The lowest BCUT2D eigenvalue weighted by Gasteiger charge is -2.09. The molecule has 0 atom stereocenters. The van der Waals surface area contributed by atoms with Crippen LogP contribution in [0.5, 0.6) is 0 Å². The van der Waals surface area contributed by atoms with E-state index in [9.17, 15) is 13.6 Å². The average molecular weight is 355 g/mol. The van der Waals surface area contributed by atoms with Crippen LogP contribution in [0.3, 0.4) is 0 Å². The van der Waals surface area contributed by atoms with E-state index >= 15 is 0 Å². The highest BCUT2D eigenvalue weighted by molar-refractivity contribution is 9.10. The number of amides is 1. The minimum absolute atomic E-state index is 0.0257. The van der Waals surface area contributed by atoms with Gasteiger partial charge in [-0.3, -0.25) is 4.79 Å². The maximum Gasteiger partial charge on any atom is 0.226 e. The van der Waals surface area contributed by atoms with Crippen LogP contribution in [0, 0.1) is 11.6 Å². The molecule has 0 unspecified atom stereocenters.